The molecule has 2 aromatic heterocycles. The van der Waals surface area contributed by atoms with Crippen LogP contribution in [-0.4, -0.2) is 59.5 Å². The van der Waals surface area contributed by atoms with Crippen molar-refractivity contribution in [3.8, 4) is 11.5 Å². The van der Waals surface area contributed by atoms with Gasteiger partial charge in [-0.1, -0.05) is 32.0 Å². The van der Waals surface area contributed by atoms with Crippen molar-refractivity contribution in [1.29, 1.82) is 0 Å². The van der Waals surface area contributed by atoms with E-state index in [-0.39, 0.29) is 48.2 Å². The summed E-state index contributed by atoms with van der Waals surface area (Å²) in [5.41, 5.74) is 2.88. The van der Waals surface area contributed by atoms with Gasteiger partial charge in [-0.25, -0.2) is 18.4 Å². The Morgan fingerprint density at radius 2 is 1.68 bits per heavy atom. The molecule has 0 bridgehead atoms. The van der Waals surface area contributed by atoms with E-state index in [1.165, 1.54) is 31.4 Å². The number of aromatic hydroxyl groups is 1. The summed E-state index contributed by atoms with van der Waals surface area (Å²) >= 11 is 0. The summed E-state index contributed by atoms with van der Waals surface area (Å²) in [6.45, 7) is 0.959. The molecule has 1 aliphatic rings. The first kappa shape index (κ1) is 33.1. The molecular weight excluding hydrogens is 618 g/mol. The first-order valence-electron chi connectivity index (χ1n) is 14.8. The summed E-state index contributed by atoms with van der Waals surface area (Å²) in [4.78, 5) is 28.4. The second-order valence-electron chi connectivity index (χ2n) is 10.9. The molecule has 3 aromatic carbocycles. The molecule has 1 aliphatic heterocycles. The lowest BCUT2D eigenvalue weighted by Crippen LogP contribution is -2.39. The molecule has 13 heteroatoms. The molecule has 1 saturated heterocycles. The average Bonchev–Trinajstić information content (AvgIpc) is 3.05. The predicted octanol–water partition coefficient (Wildman–Crippen LogP) is 6.09. The van der Waals surface area contributed by atoms with Gasteiger partial charge in [-0.3, -0.25) is 19.4 Å². The monoisotopic (exact) mass is 655 g/mol. The number of benzene rings is 3. The van der Waals surface area contributed by atoms with Crippen LogP contribution in [0.1, 0.15) is 38.3 Å². The number of sulfonamides is 1. The number of para-hydroxylation sites is 2. The van der Waals surface area contributed by atoms with Crippen LogP contribution in [0, 0.1) is 0 Å². The van der Waals surface area contributed by atoms with E-state index in [0.717, 1.165) is 31.4 Å². The van der Waals surface area contributed by atoms with Gasteiger partial charge in [-0.2, -0.15) is 0 Å². The zero-order valence-corrected chi connectivity index (χ0v) is 25.9. The highest BCUT2D eigenvalue weighted by molar-refractivity contribution is 7.92. The molecule has 0 saturated carbocycles. The van der Waals surface area contributed by atoms with Crippen molar-refractivity contribution in [3.05, 3.63) is 96.8 Å². The topological polar surface area (TPSA) is 159 Å². The number of piperidine rings is 1. The summed E-state index contributed by atoms with van der Waals surface area (Å²) in [5.74, 6) is 0.166. The van der Waals surface area contributed by atoms with Crippen molar-refractivity contribution in [3.63, 3.8) is 0 Å². The minimum atomic E-state index is -4.18. The van der Waals surface area contributed by atoms with Crippen molar-refractivity contribution < 1.29 is 23.1 Å². The van der Waals surface area contributed by atoms with E-state index in [9.17, 15) is 18.3 Å². The SMILES string of the molecule is C.COc1cc(O)cc(Nc2nc3ccccc3nc2NS(=O)(=O)c2cccc(NC(=O)CN3CCCCC3c3ccncc3)c2)c1. The highest BCUT2D eigenvalue weighted by Gasteiger charge is 2.26. The summed E-state index contributed by atoms with van der Waals surface area (Å²) in [6.07, 6.45) is 6.55. The maximum absolute atomic E-state index is 13.7. The van der Waals surface area contributed by atoms with Gasteiger partial charge in [0.2, 0.25) is 5.91 Å². The van der Waals surface area contributed by atoms with Gasteiger partial charge in [0.1, 0.15) is 11.5 Å². The summed E-state index contributed by atoms with van der Waals surface area (Å²) in [5, 5.41) is 16.0. The minimum Gasteiger partial charge on any atom is -0.508 e. The number of anilines is 4. The van der Waals surface area contributed by atoms with Gasteiger partial charge in [0.05, 0.1) is 29.6 Å². The highest BCUT2D eigenvalue weighted by atomic mass is 32.2. The number of phenolic OH excluding ortho intramolecular Hbond substituents is 1. The maximum Gasteiger partial charge on any atom is 0.263 e. The lowest BCUT2D eigenvalue weighted by molar-refractivity contribution is -0.118. The Labute approximate surface area is 273 Å². The van der Waals surface area contributed by atoms with Gasteiger partial charge in [0.25, 0.3) is 10.0 Å². The van der Waals surface area contributed by atoms with Crippen LogP contribution < -0.4 is 20.1 Å². The Balaban J connectivity index is 0.00000433. The van der Waals surface area contributed by atoms with Crippen molar-refractivity contribution in [2.45, 2.75) is 37.6 Å². The normalized spacial score (nSPS) is 15.0. The molecule has 1 atom stereocenters. The number of hydrogen-bond acceptors (Lipinski definition) is 10. The summed E-state index contributed by atoms with van der Waals surface area (Å²) in [7, 11) is -2.71. The molecule has 5 aromatic rings. The fraction of sp³-hybridized carbons (Fsp3) is 0.235. The largest absolute Gasteiger partial charge is 0.508 e. The Morgan fingerprint density at radius 3 is 2.43 bits per heavy atom. The van der Waals surface area contributed by atoms with Gasteiger partial charge in [-0.05, 0) is 67.4 Å². The number of aromatic nitrogens is 3. The van der Waals surface area contributed by atoms with Crippen LogP contribution in [0.25, 0.3) is 11.0 Å². The van der Waals surface area contributed by atoms with Crippen molar-refractivity contribution in [2.75, 3.05) is 35.6 Å². The third kappa shape index (κ3) is 7.94. The van der Waals surface area contributed by atoms with E-state index in [1.54, 1.807) is 54.9 Å². The average molecular weight is 656 g/mol. The number of carbonyl (C=O) groups excluding carboxylic acids is 1. The molecule has 0 spiro atoms. The Hall–Kier alpha value is -5.27. The molecule has 4 N–H and O–H groups in total. The van der Waals surface area contributed by atoms with E-state index in [2.05, 4.69) is 35.2 Å². The van der Waals surface area contributed by atoms with E-state index in [0.29, 0.717) is 28.2 Å². The van der Waals surface area contributed by atoms with E-state index >= 15 is 0 Å². The van der Waals surface area contributed by atoms with E-state index in [1.807, 2.05) is 12.1 Å². The van der Waals surface area contributed by atoms with Crippen LogP contribution >= 0.6 is 0 Å². The van der Waals surface area contributed by atoms with Crippen LogP contribution in [0.4, 0.5) is 23.0 Å². The maximum atomic E-state index is 13.7. The second kappa shape index (κ2) is 14.4. The quantitative estimate of drug-likeness (QED) is 0.139. The number of nitrogens with zero attached hydrogens (tertiary/aromatic N) is 4. The third-order valence-corrected chi connectivity index (χ3v) is 9.01. The molecule has 12 nitrogen and oxygen atoms in total. The number of amides is 1. The number of phenols is 1. The molecule has 1 amide bonds. The molecule has 1 unspecified atom stereocenters. The number of hydrogen-bond donors (Lipinski definition) is 4. The van der Waals surface area contributed by atoms with Crippen LogP contribution in [0.2, 0.25) is 0 Å². The molecule has 1 fully saturated rings. The number of carbonyl (C=O) groups is 1. The number of pyridine rings is 1. The number of rotatable bonds is 10. The van der Waals surface area contributed by atoms with Crippen LogP contribution in [0.3, 0.4) is 0 Å². The minimum absolute atomic E-state index is 0. The Kier molecular flexibility index (Phi) is 10.2. The first-order valence-corrected chi connectivity index (χ1v) is 16.2. The molecule has 3 heterocycles. The number of ether oxygens (including phenoxy) is 1. The fourth-order valence-electron chi connectivity index (χ4n) is 5.52. The van der Waals surface area contributed by atoms with Gasteiger partial charge >= 0.3 is 0 Å². The summed E-state index contributed by atoms with van der Waals surface area (Å²) in [6, 6.07) is 21.7. The van der Waals surface area contributed by atoms with Crippen LogP contribution in [0.15, 0.2) is 96.2 Å². The van der Waals surface area contributed by atoms with Crippen molar-refractivity contribution in [1.82, 2.24) is 19.9 Å². The number of nitrogens with one attached hydrogen (secondary N) is 3. The number of likely N-dealkylation sites (tertiary alicyclic amines) is 1. The van der Waals surface area contributed by atoms with Gasteiger partial charge < -0.3 is 20.5 Å². The molecule has 6 rings (SSSR count). The lowest BCUT2D eigenvalue weighted by atomic mass is 9.96. The second-order valence-corrected chi connectivity index (χ2v) is 12.6. The Morgan fingerprint density at radius 1 is 0.936 bits per heavy atom. The summed E-state index contributed by atoms with van der Waals surface area (Å²) < 4.78 is 35.1. The predicted molar refractivity (Wildman–Crippen MR) is 182 cm³/mol. The zero-order valence-electron chi connectivity index (χ0n) is 25.1. The molecule has 0 aliphatic carbocycles. The molecule has 244 valence electrons. The van der Waals surface area contributed by atoms with Gasteiger partial charge in [0.15, 0.2) is 11.6 Å². The van der Waals surface area contributed by atoms with Crippen LogP contribution in [0.5, 0.6) is 11.5 Å². The molecule has 0 radical (unpaired) electrons. The molecular formula is C34H37N7O5S. The van der Waals surface area contributed by atoms with Crippen molar-refractivity contribution >= 4 is 50.0 Å². The van der Waals surface area contributed by atoms with Gasteiger partial charge in [-0.15, -0.1) is 0 Å². The third-order valence-electron chi connectivity index (χ3n) is 7.67. The smallest absolute Gasteiger partial charge is 0.263 e. The fourth-order valence-corrected chi connectivity index (χ4v) is 6.58. The van der Waals surface area contributed by atoms with Gasteiger partial charge in [0, 0.05) is 48.0 Å². The standard InChI is InChI=1S/C33H33N7O5S.CH4/c1-45-26-18-24(17-25(41)20-26)36-32-33(38-29-10-3-2-9-28(29)37-32)39-46(43,44)27-8-6-7-23(19-27)35-31(42)21-40-16-5-4-11-30(40)22-12-14-34-15-13-22;/h2-3,6-10,12-15,17-20,30,41H,4-5,11,16,21H2,1H3,(H,35,42)(H,36,37)(H,38,39);1H4. The van der Waals surface area contributed by atoms with Crippen molar-refractivity contribution in [2.24, 2.45) is 0 Å². The van der Waals surface area contributed by atoms with Crippen LogP contribution in [-0.2, 0) is 14.8 Å². The zero-order chi connectivity index (χ0) is 32.1. The number of fused-ring (bicyclic) bond motifs is 1. The van der Waals surface area contributed by atoms with E-state index in [4.69, 9.17) is 4.74 Å². The number of methoxy groups -OCH3 is 1. The Bertz CT molecular complexity index is 1980. The highest BCUT2D eigenvalue weighted by Crippen LogP contribution is 2.32. The van der Waals surface area contributed by atoms with E-state index < -0.39 is 10.0 Å². The molecule has 47 heavy (non-hydrogen) atoms. The lowest BCUT2D eigenvalue weighted by Gasteiger charge is -2.35. The first-order chi connectivity index (χ1) is 22.3.